The van der Waals surface area contributed by atoms with E-state index in [4.69, 9.17) is 15.1 Å². The van der Waals surface area contributed by atoms with Crippen LogP contribution in [0.2, 0.25) is 0 Å². The Hall–Kier alpha value is -1.65. The molecular formula is C11H8BrFN2O3. The summed E-state index contributed by atoms with van der Waals surface area (Å²) in [6, 6.07) is 3.35. The van der Waals surface area contributed by atoms with Crippen molar-refractivity contribution in [3.63, 3.8) is 0 Å². The van der Waals surface area contributed by atoms with Crippen LogP contribution in [0.15, 0.2) is 10.5 Å². The van der Waals surface area contributed by atoms with Crippen LogP contribution in [0, 0.1) is 17.1 Å². The Bertz CT molecular complexity index is 556. The first-order valence-electron chi connectivity index (χ1n) is 5.04. The van der Waals surface area contributed by atoms with Gasteiger partial charge in [0.15, 0.2) is 5.82 Å². The van der Waals surface area contributed by atoms with Crippen LogP contribution in [-0.4, -0.2) is 11.2 Å². The molecule has 1 amide bonds. The number of hydrogen-bond acceptors (Lipinski definition) is 3. The molecule has 0 aliphatic carbocycles. The second-order valence-electron chi connectivity index (χ2n) is 3.71. The number of carbonyl (C=O) groups is 1. The van der Waals surface area contributed by atoms with Crippen molar-refractivity contribution in [2.75, 3.05) is 5.32 Å². The van der Waals surface area contributed by atoms with E-state index in [1.165, 1.54) is 6.07 Å². The van der Waals surface area contributed by atoms with Crippen LogP contribution in [0.3, 0.4) is 0 Å². The van der Waals surface area contributed by atoms with Gasteiger partial charge in [-0.2, -0.15) is 5.26 Å². The highest BCUT2D eigenvalue weighted by molar-refractivity contribution is 9.10. The normalized spacial score (nSPS) is 17.1. The summed E-state index contributed by atoms with van der Waals surface area (Å²) >= 11 is 3.08. The number of amides is 1. The fourth-order valence-corrected chi connectivity index (χ4v) is 2.41. The zero-order valence-corrected chi connectivity index (χ0v) is 10.6. The minimum Gasteiger partial charge on any atom is -0.465 e. The quantitative estimate of drug-likeness (QED) is 0.878. The van der Waals surface area contributed by atoms with Crippen molar-refractivity contribution in [1.82, 2.24) is 0 Å². The van der Waals surface area contributed by atoms with Crippen LogP contribution in [0.1, 0.15) is 23.7 Å². The van der Waals surface area contributed by atoms with Crippen molar-refractivity contribution in [2.45, 2.75) is 19.1 Å². The number of nitriles is 1. The molecule has 0 spiro atoms. The Labute approximate surface area is 110 Å². The predicted octanol–water partition coefficient (Wildman–Crippen LogP) is 3.16. The number of nitrogens with zero attached hydrogens (tertiary/aromatic N) is 1. The first kappa shape index (κ1) is 12.8. The molecule has 1 aromatic rings. The molecule has 2 rings (SSSR count). The average Bonchev–Trinajstić information content (AvgIpc) is 2.69. The number of rotatable bonds is 2. The van der Waals surface area contributed by atoms with E-state index < -0.39 is 18.0 Å². The van der Waals surface area contributed by atoms with Crippen LogP contribution < -0.4 is 5.32 Å². The molecule has 0 aromatic heterocycles. The van der Waals surface area contributed by atoms with Crippen molar-refractivity contribution in [3.05, 3.63) is 27.5 Å². The molecule has 18 heavy (non-hydrogen) atoms. The molecule has 1 aromatic carbocycles. The number of benzene rings is 1. The van der Waals surface area contributed by atoms with Crippen LogP contribution in [0.4, 0.5) is 14.9 Å². The molecular weight excluding hydrogens is 307 g/mol. The highest BCUT2D eigenvalue weighted by Crippen LogP contribution is 2.41. The standard InChI is InChI=1S/C11H8BrFN2O3/c12-9-6-4-18-8(1-2-14)5(6)3-7(10(9)13)15-11(16)17/h3,8,15H,1,4H2,(H,16,17). The maximum absolute atomic E-state index is 13.8. The van der Waals surface area contributed by atoms with Crippen LogP contribution >= 0.6 is 15.9 Å². The molecule has 5 nitrogen and oxygen atoms in total. The molecule has 1 aliphatic heterocycles. The van der Waals surface area contributed by atoms with Gasteiger partial charge in [-0.15, -0.1) is 0 Å². The van der Waals surface area contributed by atoms with Gasteiger partial charge in [0.25, 0.3) is 0 Å². The third-order valence-electron chi connectivity index (χ3n) is 2.64. The molecule has 1 heterocycles. The van der Waals surface area contributed by atoms with E-state index in [-0.39, 0.29) is 23.2 Å². The van der Waals surface area contributed by atoms with Crippen LogP contribution in [-0.2, 0) is 11.3 Å². The lowest BCUT2D eigenvalue weighted by Gasteiger charge is -2.11. The van der Waals surface area contributed by atoms with E-state index in [0.29, 0.717) is 11.1 Å². The Morgan fingerprint density at radius 3 is 3.11 bits per heavy atom. The smallest absolute Gasteiger partial charge is 0.409 e. The summed E-state index contributed by atoms with van der Waals surface area (Å²) in [5.74, 6) is -0.683. The van der Waals surface area contributed by atoms with Gasteiger partial charge < -0.3 is 9.84 Å². The number of halogens is 2. The molecule has 1 aliphatic rings. The van der Waals surface area contributed by atoms with Crippen molar-refractivity contribution in [1.29, 1.82) is 5.26 Å². The molecule has 0 saturated carbocycles. The van der Waals surface area contributed by atoms with Gasteiger partial charge in [-0.25, -0.2) is 9.18 Å². The SMILES string of the molecule is N#CCC1OCc2c1cc(NC(=O)O)c(F)c2Br. The van der Waals surface area contributed by atoms with Gasteiger partial charge in [0.05, 0.1) is 35.4 Å². The fourth-order valence-electron chi connectivity index (χ4n) is 1.85. The van der Waals surface area contributed by atoms with Crippen molar-refractivity contribution in [2.24, 2.45) is 0 Å². The van der Waals surface area contributed by atoms with Gasteiger partial charge in [0, 0.05) is 5.56 Å². The highest BCUT2D eigenvalue weighted by atomic mass is 79.9. The number of fused-ring (bicyclic) bond motifs is 1. The Kier molecular flexibility index (Phi) is 3.50. The van der Waals surface area contributed by atoms with E-state index in [2.05, 4.69) is 15.9 Å². The average molecular weight is 315 g/mol. The molecule has 7 heteroatoms. The van der Waals surface area contributed by atoms with Crippen molar-refractivity contribution in [3.8, 4) is 6.07 Å². The molecule has 0 fully saturated rings. The van der Waals surface area contributed by atoms with Gasteiger partial charge in [-0.1, -0.05) is 0 Å². The molecule has 2 N–H and O–H groups in total. The van der Waals surface area contributed by atoms with E-state index in [9.17, 15) is 9.18 Å². The first-order valence-corrected chi connectivity index (χ1v) is 5.83. The molecule has 1 atom stereocenters. The summed E-state index contributed by atoms with van der Waals surface area (Å²) in [6.45, 7) is 0.201. The monoisotopic (exact) mass is 314 g/mol. The molecule has 0 radical (unpaired) electrons. The highest BCUT2D eigenvalue weighted by Gasteiger charge is 2.28. The maximum Gasteiger partial charge on any atom is 0.409 e. The summed E-state index contributed by atoms with van der Waals surface area (Å²) < 4.78 is 19.4. The second-order valence-corrected chi connectivity index (χ2v) is 4.50. The number of anilines is 1. The van der Waals surface area contributed by atoms with E-state index in [1.807, 2.05) is 11.4 Å². The van der Waals surface area contributed by atoms with Gasteiger partial charge >= 0.3 is 6.09 Å². The number of carboxylic acid groups (broad SMARTS) is 1. The third kappa shape index (κ3) is 2.17. The fraction of sp³-hybridized carbons (Fsp3) is 0.273. The first-order chi connectivity index (χ1) is 8.54. The third-order valence-corrected chi connectivity index (χ3v) is 3.46. The molecule has 1 unspecified atom stereocenters. The zero-order valence-electron chi connectivity index (χ0n) is 9.04. The minimum absolute atomic E-state index is 0.136. The van der Waals surface area contributed by atoms with E-state index in [1.54, 1.807) is 0 Å². The predicted molar refractivity (Wildman–Crippen MR) is 63.5 cm³/mol. The Balaban J connectivity index is 2.48. The van der Waals surface area contributed by atoms with Crippen LogP contribution in [0.5, 0.6) is 0 Å². The lowest BCUT2D eigenvalue weighted by atomic mass is 10.0. The maximum atomic E-state index is 13.8. The minimum atomic E-state index is -1.35. The van der Waals surface area contributed by atoms with Crippen LogP contribution in [0.25, 0.3) is 0 Å². The Morgan fingerprint density at radius 2 is 2.50 bits per heavy atom. The van der Waals surface area contributed by atoms with Gasteiger partial charge in [0.1, 0.15) is 0 Å². The molecule has 0 bridgehead atoms. The summed E-state index contributed by atoms with van der Waals surface area (Å²) in [5, 5.41) is 19.3. The number of ether oxygens (including phenoxy) is 1. The summed E-state index contributed by atoms with van der Waals surface area (Å²) in [4.78, 5) is 10.6. The van der Waals surface area contributed by atoms with E-state index in [0.717, 1.165) is 0 Å². The number of nitrogens with one attached hydrogen (secondary N) is 1. The lowest BCUT2D eigenvalue weighted by Crippen LogP contribution is -2.10. The second kappa shape index (κ2) is 4.92. The molecule has 94 valence electrons. The number of hydrogen-bond donors (Lipinski definition) is 2. The molecule has 0 saturated heterocycles. The van der Waals surface area contributed by atoms with Gasteiger partial charge in [-0.3, -0.25) is 5.32 Å². The van der Waals surface area contributed by atoms with Crippen molar-refractivity contribution < 1.29 is 19.0 Å². The topological polar surface area (TPSA) is 82.3 Å². The summed E-state index contributed by atoms with van der Waals surface area (Å²) in [6.07, 6.45) is -1.66. The zero-order chi connectivity index (χ0) is 13.3. The van der Waals surface area contributed by atoms with Gasteiger partial charge in [0.2, 0.25) is 0 Å². The Morgan fingerprint density at radius 1 is 1.78 bits per heavy atom. The largest absolute Gasteiger partial charge is 0.465 e. The lowest BCUT2D eigenvalue weighted by molar-refractivity contribution is 0.0694. The summed E-state index contributed by atoms with van der Waals surface area (Å²) in [5.41, 5.74) is 1.10. The summed E-state index contributed by atoms with van der Waals surface area (Å²) in [7, 11) is 0. The van der Waals surface area contributed by atoms with Gasteiger partial charge in [-0.05, 0) is 27.6 Å². The van der Waals surface area contributed by atoms with E-state index >= 15 is 0 Å². The van der Waals surface area contributed by atoms with Crippen molar-refractivity contribution >= 4 is 27.7 Å².